The summed E-state index contributed by atoms with van der Waals surface area (Å²) in [5, 5.41) is 3.94. The average Bonchev–Trinajstić information content (AvgIpc) is 2.51. The van der Waals surface area contributed by atoms with Crippen molar-refractivity contribution < 1.29 is 14.4 Å². The first-order valence-corrected chi connectivity index (χ1v) is 7.37. The molecule has 1 aromatic rings. The largest absolute Gasteiger partial charge is 0.352 e. The summed E-state index contributed by atoms with van der Waals surface area (Å²) >= 11 is 0. The third-order valence-corrected chi connectivity index (χ3v) is 3.15. The van der Waals surface area contributed by atoms with Crippen LogP contribution < -0.4 is 5.32 Å². The van der Waals surface area contributed by atoms with Crippen LogP contribution in [0.3, 0.4) is 0 Å². The van der Waals surface area contributed by atoms with Gasteiger partial charge in [0.15, 0.2) is 0 Å². The molecule has 0 saturated heterocycles. The zero-order chi connectivity index (χ0) is 15.5. The van der Waals surface area contributed by atoms with Crippen molar-refractivity contribution in [2.45, 2.75) is 45.8 Å². The molecule has 0 saturated carbocycles. The second-order valence-electron chi connectivity index (χ2n) is 4.90. The molecule has 0 aliphatic heterocycles. The Morgan fingerprint density at radius 2 is 2.05 bits per heavy atom. The van der Waals surface area contributed by atoms with Gasteiger partial charge in [0, 0.05) is 6.04 Å². The van der Waals surface area contributed by atoms with E-state index in [-0.39, 0.29) is 25.1 Å². The molecule has 1 unspecified atom stereocenters. The van der Waals surface area contributed by atoms with E-state index >= 15 is 0 Å². The maximum atomic E-state index is 11.9. The predicted octanol–water partition coefficient (Wildman–Crippen LogP) is 2.27. The molecule has 0 fully saturated rings. The second kappa shape index (κ2) is 9.94. The molecule has 0 spiro atoms. The summed E-state index contributed by atoms with van der Waals surface area (Å²) in [6.07, 6.45) is 3.36. The van der Waals surface area contributed by atoms with Crippen LogP contribution in [0.4, 0.5) is 0 Å². The lowest BCUT2D eigenvalue weighted by Crippen LogP contribution is -2.41. The van der Waals surface area contributed by atoms with Crippen LogP contribution in [-0.4, -0.2) is 30.0 Å². The molecule has 0 bridgehead atoms. The lowest BCUT2D eigenvalue weighted by atomic mass is 10.1. The summed E-state index contributed by atoms with van der Waals surface area (Å²) in [4.78, 5) is 28.2. The maximum Gasteiger partial charge on any atom is 0.242 e. The fourth-order valence-corrected chi connectivity index (χ4v) is 1.99. The van der Waals surface area contributed by atoms with E-state index in [0.717, 1.165) is 29.9 Å². The smallest absolute Gasteiger partial charge is 0.242 e. The molecule has 0 aliphatic rings. The lowest BCUT2D eigenvalue weighted by molar-refractivity contribution is -0.180. The fraction of sp³-hybridized carbons (Fsp3) is 0.500. The fourth-order valence-electron chi connectivity index (χ4n) is 1.99. The molecule has 2 amide bonds. The van der Waals surface area contributed by atoms with Gasteiger partial charge in [0.2, 0.25) is 12.3 Å². The van der Waals surface area contributed by atoms with Crippen molar-refractivity contribution in [1.82, 2.24) is 10.4 Å². The molecular weight excluding hydrogens is 268 g/mol. The van der Waals surface area contributed by atoms with Gasteiger partial charge in [0.25, 0.3) is 0 Å². The van der Waals surface area contributed by atoms with Crippen LogP contribution in [0.1, 0.15) is 38.7 Å². The Kier molecular flexibility index (Phi) is 8.12. The molecule has 1 N–H and O–H groups in total. The highest BCUT2D eigenvalue weighted by molar-refractivity contribution is 5.79. The van der Waals surface area contributed by atoms with Gasteiger partial charge in [-0.2, -0.15) is 0 Å². The van der Waals surface area contributed by atoms with Crippen molar-refractivity contribution in [2.75, 3.05) is 6.54 Å². The highest BCUT2D eigenvalue weighted by atomic mass is 16.7. The SMILES string of the molecule is CCCC(CC)NC(=O)CN(C=O)OCc1ccccc1. The Hall–Kier alpha value is -1.88. The summed E-state index contributed by atoms with van der Waals surface area (Å²) in [6, 6.07) is 9.66. The molecule has 1 atom stereocenters. The van der Waals surface area contributed by atoms with Crippen LogP contribution in [0.25, 0.3) is 0 Å². The number of amides is 2. The maximum absolute atomic E-state index is 11.9. The van der Waals surface area contributed by atoms with Crippen molar-refractivity contribution in [2.24, 2.45) is 0 Å². The summed E-state index contributed by atoms with van der Waals surface area (Å²) in [6.45, 7) is 4.29. The van der Waals surface area contributed by atoms with E-state index in [2.05, 4.69) is 12.2 Å². The minimum Gasteiger partial charge on any atom is -0.352 e. The number of nitrogens with one attached hydrogen (secondary N) is 1. The molecule has 0 aromatic heterocycles. The van der Waals surface area contributed by atoms with Gasteiger partial charge in [0.05, 0.1) is 0 Å². The van der Waals surface area contributed by atoms with E-state index < -0.39 is 0 Å². The zero-order valence-electron chi connectivity index (χ0n) is 12.7. The van der Waals surface area contributed by atoms with E-state index in [4.69, 9.17) is 4.84 Å². The van der Waals surface area contributed by atoms with Crippen LogP contribution in [0.2, 0.25) is 0 Å². The monoisotopic (exact) mass is 292 g/mol. The van der Waals surface area contributed by atoms with Gasteiger partial charge >= 0.3 is 0 Å². The number of carbonyl (C=O) groups excluding carboxylic acids is 2. The van der Waals surface area contributed by atoms with Crippen LogP contribution in [-0.2, 0) is 21.0 Å². The average molecular weight is 292 g/mol. The molecule has 5 nitrogen and oxygen atoms in total. The first-order valence-electron chi connectivity index (χ1n) is 7.37. The number of nitrogens with zero attached hydrogens (tertiary/aromatic N) is 1. The molecule has 0 aliphatic carbocycles. The normalized spacial score (nSPS) is 11.7. The standard InChI is InChI=1S/C16H24N2O3/c1-3-8-15(4-2)17-16(20)11-18(13-19)21-12-14-9-6-5-7-10-14/h5-7,9-10,13,15H,3-4,8,11-12H2,1-2H3,(H,17,20). The Morgan fingerprint density at radius 3 is 2.62 bits per heavy atom. The molecule has 1 aromatic carbocycles. The number of hydroxylamine groups is 2. The molecule has 21 heavy (non-hydrogen) atoms. The third kappa shape index (κ3) is 6.90. The van der Waals surface area contributed by atoms with E-state index in [1.807, 2.05) is 37.3 Å². The van der Waals surface area contributed by atoms with Gasteiger partial charge in [-0.05, 0) is 18.4 Å². The molecule has 5 heteroatoms. The first-order chi connectivity index (χ1) is 10.2. The second-order valence-corrected chi connectivity index (χ2v) is 4.90. The van der Waals surface area contributed by atoms with Crippen molar-refractivity contribution in [1.29, 1.82) is 0 Å². The number of hydrogen-bond acceptors (Lipinski definition) is 3. The molecular formula is C16H24N2O3. The molecule has 116 valence electrons. The Balaban J connectivity index is 2.39. The van der Waals surface area contributed by atoms with E-state index in [1.165, 1.54) is 0 Å². The number of hydrogen-bond donors (Lipinski definition) is 1. The van der Waals surface area contributed by atoms with E-state index in [0.29, 0.717) is 6.41 Å². The predicted molar refractivity (Wildman–Crippen MR) is 81.1 cm³/mol. The zero-order valence-corrected chi connectivity index (χ0v) is 12.7. The number of rotatable bonds is 10. The Bertz CT molecular complexity index is 423. The lowest BCUT2D eigenvalue weighted by Gasteiger charge is -2.20. The highest BCUT2D eigenvalue weighted by Gasteiger charge is 2.13. The highest BCUT2D eigenvalue weighted by Crippen LogP contribution is 2.03. The van der Waals surface area contributed by atoms with Crippen LogP contribution in [0.5, 0.6) is 0 Å². The van der Waals surface area contributed by atoms with Crippen molar-refractivity contribution >= 4 is 12.3 Å². The van der Waals surface area contributed by atoms with Crippen LogP contribution >= 0.6 is 0 Å². The minimum atomic E-state index is -0.199. The summed E-state index contributed by atoms with van der Waals surface area (Å²) < 4.78 is 0. The summed E-state index contributed by atoms with van der Waals surface area (Å²) in [5.74, 6) is -0.199. The van der Waals surface area contributed by atoms with Crippen molar-refractivity contribution in [3.8, 4) is 0 Å². The molecule has 1 rings (SSSR count). The van der Waals surface area contributed by atoms with E-state index in [1.54, 1.807) is 0 Å². The van der Waals surface area contributed by atoms with Crippen molar-refractivity contribution in [3.05, 3.63) is 35.9 Å². The van der Waals surface area contributed by atoms with Crippen molar-refractivity contribution in [3.63, 3.8) is 0 Å². The summed E-state index contributed by atoms with van der Waals surface area (Å²) in [5.41, 5.74) is 0.946. The summed E-state index contributed by atoms with van der Waals surface area (Å²) in [7, 11) is 0. The Labute approximate surface area is 126 Å². The molecule has 0 radical (unpaired) electrons. The van der Waals surface area contributed by atoms with Gasteiger partial charge in [0.1, 0.15) is 13.2 Å². The quantitative estimate of drug-likeness (QED) is 0.531. The number of carbonyl (C=O) groups is 2. The molecule has 0 heterocycles. The van der Waals surface area contributed by atoms with Gasteiger partial charge in [-0.25, -0.2) is 5.06 Å². The third-order valence-electron chi connectivity index (χ3n) is 3.15. The van der Waals surface area contributed by atoms with Gasteiger partial charge in [-0.3, -0.25) is 14.4 Å². The van der Waals surface area contributed by atoms with Gasteiger partial charge < -0.3 is 5.32 Å². The number of benzene rings is 1. The van der Waals surface area contributed by atoms with Gasteiger partial charge in [-0.1, -0.05) is 50.6 Å². The van der Waals surface area contributed by atoms with Crippen LogP contribution in [0.15, 0.2) is 30.3 Å². The van der Waals surface area contributed by atoms with Gasteiger partial charge in [-0.15, -0.1) is 0 Å². The van der Waals surface area contributed by atoms with Crippen LogP contribution in [0, 0.1) is 0 Å². The first kappa shape index (κ1) is 17.2. The Morgan fingerprint density at radius 1 is 1.33 bits per heavy atom. The topological polar surface area (TPSA) is 58.6 Å². The minimum absolute atomic E-state index is 0.0868. The van der Waals surface area contributed by atoms with E-state index in [9.17, 15) is 9.59 Å².